The quantitative estimate of drug-likeness (QED) is 0.583. The smallest absolute Gasteiger partial charge is 0.206 e. The lowest BCUT2D eigenvalue weighted by Gasteiger charge is -2.33. The van der Waals surface area contributed by atoms with Crippen LogP contribution >= 0.6 is 60.2 Å². The maximum atomic E-state index is 5.79. The van der Waals surface area contributed by atoms with Crippen LogP contribution in [0.3, 0.4) is 0 Å². The number of benzene rings is 1. The van der Waals surface area contributed by atoms with Gasteiger partial charge in [0.2, 0.25) is 5.95 Å². The van der Waals surface area contributed by atoms with Gasteiger partial charge in [-0.1, -0.05) is 0 Å². The molecule has 3 heterocycles. The van der Waals surface area contributed by atoms with Crippen molar-refractivity contribution >= 4 is 77.2 Å². The number of aryl methyl sites for hydroxylation is 2. The molecule has 0 amide bonds. The molecule has 1 fully saturated rings. The molecule has 1 aromatic heterocycles. The molecule has 0 spiro atoms. The summed E-state index contributed by atoms with van der Waals surface area (Å²) in [6.07, 6.45) is 2.28. The van der Waals surface area contributed by atoms with E-state index in [2.05, 4.69) is 57.3 Å². The summed E-state index contributed by atoms with van der Waals surface area (Å²) in [6.45, 7) is 3.91. The van der Waals surface area contributed by atoms with Gasteiger partial charge >= 0.3 is 0 Å². The second-order valence-electron chi connectivity index (χ2n) is 5.96. The number of hydrogen-bond acceptors (Lipinski definition) is 4. The van der Waals surface area contributed by atoms with Crippen molar-refractivity contribution in [1.29, 1.82) is 0 Å². The summed E-state index contributed by atoms with van der Waals surface area (Å²) in [7, 11) is 0. The number of rotatable bonds is 2. The summed E-state index contributed by atoms with van der Waals surface area (Å²) in [5.74, 6) is 1.04. The van der Waals surface area contributed by atoms with Gasteiger partial charge in [-0.3, -0.25) is 0 Å². The molecule has 9 heteroatoms. The molecular weight excluding hydrogens is 527 g/mol. The van der Waals surface area contributed by atoms with E-state index in [1.54, 1.807) is 0 Å². The van der Waals surface area contributed by atoms with Gasteiger partial charge in [0.1, 0.15) is 5.52 Å². The van der Waals surface area contributed by atoms with Crippen molar-refractivity contribution in [2.45, 2.75) is 25.5 Å². The number of nitrogens with two attached hydrogens (primary N) is 1. The zero-order valence-electron chi connectivity index (χ0n) is 12.9. The lowest BCUT2D eigenvalue weighted by molar-refractivity contribution is 0.0458. The highest BCUT2D eigenvalue weighted by Gasteiger charge is 2.29. The van der Waals surface area contributed by atoms with Crippen molar-refractivity contribution in [3.63, 3.8) is 0 Å². The molecule has 2 aliphatic heterocycles. The highest BCUT2D eigenvalue weighted by Crippen LogP contribution is 2.44. The molecule has 0 saturated carbocycles. The van der Waals surface area contributed by atoms with E-state index in [-0.39, 0.29) is 18.5 Å². The molecule has 2 N–H and O–H groups in total. The number of aromatic nitrogens is 2. The van der Waals surface area contributed by atoms with E-state index in [0.717, 1.165) is 57.4 Å². The van der Waals surface area contributed by atoms with Crippen LogP contribution in [0.5, 0.6) is 0 Å². The van der Waals surface area contributed by atoms with Crippen LogP contribution < -0.4 is 10.6 Å². The van der Waals surface area contributed by atoms with E-state index in [9.17, 15) is 0 Å². The van der Waals surface area contributed by atoms with Crippen molar-refractivity contribution < 1.29 is 4.74 Å². The molecule has 1 aromatic carbocycles. The van der Waals surface area contributed by atoms with Gasteiger partial charge < -0.3 is 19.9 Å². The number of imidazole rings is 1. The fourth-order valence-electron chi connectivity index (χ4n) is 3.48. The van der Waals surface area contributed by atoms with Gasteiger partial charge in [-0.15, -0.1) is 12.4 Å². The molecule has 2 aliphatic rings. The standard InChI is InChI=1S/C15H17Br3N4O.ClH/c16-10-9-2-1-3-22-14(9)13(12(18)11(10)17)20-15(22)21-4-5-23-8(6-19)7-21;/h8H,1-7,19H2;1H. The van der Waals surface area contributed by atoms with Crippen LogP contribution in [0, 0.1) is 0 Å². The van der Waals surface area contributed by atoms with Crippen LogP contribution in [0.25, 0.3) is 11.0 Å². The van der Waals surface area contributed by atoms with Gasteiger partial charge in [-0.2, -0.15) is 0 Å². The lowest BCUT2D eigenvalue weighted by atomic mass is 10.0. The van der Waals surface area contributed by atoms with E-state index < -0.39 is 0 Å². The normalized spacial score (nSPS) is 20.3. The van der Waals surface area contributed by atoms with Gasteiger partial charge in [0.15, 0.2) is 0 Å². The zero-order valence-corrected chi connectivity index (χ0v) is 18.5. The van der Waals surface area contributed by atoms with E-state index in [4.69, 9.17) is 15.5 Å². The van der Waals surface area contributed by atoms with E-state index >= 15 is 0 Å². The van der Waals surface area contributed by atoms with E-state index in [0.29, 0.717) is 13.2 Å². The third-order valence-electron chi connectivity index (χ3n) is 4.58. The largest absolute Gasteiger partial charge is 0.373 e. The second kappa shape index (κ2) is 7.40. The molecule has 1 unspecified atom stereocenters. The SMILES string of the molecule is Cl.NCC1CN(c2nc3c(Br)c(Br)c(Br)c4c3n2CCC4)CCO1. The fraction of sp³-hybridized carbons (Fsp3) is 0.533. The average Bonchev–Trinajstić information content (AvgIpc) is 2.98. The number of morpholine rings is 1. The first kappa shape index (κ1) is 18.9. The van der Waals surface area contributed by atoms with Gasteiger partial charge in [0, 0.05) is 35.1 Å². The maximum absolute atomic E-state index is 5.79. The van der Waals surface area contributed by atoms with Crippen LogP contribution in [-0.4, -0.2) is 41.9 Å². The van der Waals surface area contributed by atoms with Crippen LogP contribution in [0.1, 0.15) is 12.0 Å². The predicted molar refractivity (Wildman–Crippen MR) is 109 cm³/mol. The van der Waals surface area contributed by atoms with Crippen molar-refractivity contribution in [3.05, 3.63) is 19.0 Å². The summed E-state index contributed by atoms with van der Waals surface area (Å²) >= 11 is 11.1. The van der Waals surface area contributed by atoms with Crippen molar-refractivity contribution in [2.24, 2.45) is 5.73 Å². The number of hydrogen-bond donors (Lipinski definition) is 1. The van der Waals surface area contributed by atoms with Gasteiger partial charge in [-0.25, -0.2) is 4.98 Å². The van der Waals surface area contributed by atoms with E-state index in [1.807, 2.05) is 0 Å². The molecule has 0 radical (unpaired) electrons. The topological polar surface area (TPSA) is 56.3 Å². The zero-order chi connectivity index (χ0) is 16.1. The van der Waals surface area contributed by atoms with Crippen molar-refractivity contribution in [1.82, 2.24) is 9.55 Å². The number of halogens is 4. The fourth-order valence-corrected chi connectivity index (χ4v) is 5.23. The summed E-state index contributed by atoms with van der Waals surface area (Å²) in [5, 5.41) is 0. The Morgan fingerprint density at radius 2 is 1.96 bits per heavy atom. The molecule has 132 valence electrons. The van der Waals surface area contributed by atoms with Gasteiger partial charge in [0.05, 0.1) is 22.7 Å². The van der Waals surface area contributed by atoms with Crippen LogP contribution in [0.15, 0.2) is 13.4 Å². The van der Waals surface area contributed by atoms with Crippen LogP contribution in [0.4, 0.5) is 5.95 Å². The van der Waals surface area contributed by atoms with Crippen LogP contribution in [-0.2, 0) is 17.7 Å². The second-order valence-corrected chi connectivity index (χ2v) is 8.34. The Hall–Kier alpha value is 0.140. The summed E-state index contributed by atoms with van der Waals surface area (Å²) in [5.41, 5.74) is 9.39. The first-order chi connectivity index (χ1) is 11.1. The lowest BCUT2D eigenvalue weighted by Crippen LogP contribution is -2.46. The first-order valence-corrected chi connectivity index (χ1v) is 10.1. The molecule has 24 heavy (non-hydrogen) atoms. The predicted octanol–water partition coefficient (Wildman–Crippen LogP) is 3.86. The monoisotopic (exact) mass is 542 g/mol. The third-order valence-corrected chi connectivity index (χ3v) is 8.09. The summed E-state index contributed by atoms with van der Waals surface area (Å²) in [6, 6.07) is 0. The Morgan fingerprint density at radius 3 is 2.71 bits per heavy atom. The Labute approximate surface area is 172 Å². The minimum absolute atomic E-state index is 0. The molecule has 2 aromatic rings. The Bertz CT molecular complexity index is 782. The molecule has 1 atom stereocenters. The molecule has 0 bridgehead atoms. The Balaban J connectivity index is 0.00000169. The highest BCUT2D eigenvalue weighted by molar-refractivity contribution is 9.14. The van der Waals surface area contributed by atoms with Gasteiger partial charge in [0.25, 0.3) is 0 Å². The van der Waals surface area contributed by atoms with E-state index in [1.165, 1.54) is 11.1 Å². The minimum Gasteiger partial charge on any atom is -0.373 e. The Morgan fingerprint density at radius 1 is 1.17 bits per heavy atom. The van der Waals surface area contributed by atoms with Crippen LogP contribution in [0.2, 0.25) is 0 Å². The number of anilines is 1. The molecule has 5 nitrogen and oxygen atoms in total. The average molecular weight is 546 g/mol. The summed E-state index contributed by atoms with van der Waals surface area (Å²) in [4.78, 5) is 7.28. The third kappa shape index (κ3) is 2.93. The summed E-state index contributed by atoms with van der Waals surface area (Å²) < 4.78 is 11.2. The number of ether oxygens (including phenoxy) is 1. The van der Waals surface area contributed by atoms with Crippen molar-refractivity contribution in [3.8, 4) is 0 Å². The number of nitrogens with zero attached hydrogens (tertiary/aromatic N) is 3. The highest BCUT2D eigenvalue weighted by atomic mass is 79.9. The first-order valence-electron chi connectivity index (χ1n) is 7.74. The van der Waals surface area contributed by atoms with Gasteiger partial charge in [-0.05, 0) is 66.2 Å². The molecule has 0 aliphatic carbocycles. The molecule has 4 rings (SSSR count). The Kier molecular flexibility index (Phi) is 5.84. The molecule has 1 saturated heterocycles. The maximum Gasteiger partial charge on any atom is 0.206 e. The van der Waals surface area contributed by atoms with Crippen molar-refractivity contribution in [2.75, 3.05) is 31.1 Å². The molecular formula is C15H18Br3ClN4O. The minimum atomic E-state index is 0.